The minimum atomic E-state index is -1.27. The standard InChI is InChI=1S/C19H35N4O8/c20-6-4-2-1-3-5-8-22(9-7-21-12-16(24)25)10-11-23(13-17(26)27,14-18(28)29)15-19(30)31/h1-15,20H2,(H3-,24,25,26,27,28,29,30,31)/q+1/p+1. The molecule has 0 aromatic carbocycles. The Morgan fingerprint density at radius 1 is 0.710 bits per heavy atom. The van der Waals surface area contributed by atoms with Crippen molar-refractivity contribution in [2.75, 3.05) is 65.4 Å². The van der Waals surface area contributed by atoms with Crippen molar-refractivity contribution in [3.8, 4) is 0 Å². The van der Waals surface area contributed by atoms with E-state index in [4.69, 9.17) is 10.8 Å². The smallest absolute Gasteiger partial charge is 0.370 e. The Bertz CT molecular complexity index is 532. The van der Waals surface area contributed by atoms with Crippen LogP contribution in [0.15, 0.2) is 0 Å². The number of carbonyl (C=O) groups is 4. The van der Waals surface area contributed by atoms with Crippen molar-refractivity contribution in [3.05, 3.63) is 0 Å². The fourth-order valence-corrected chi connectivity index (χ4v) is 3.35. The minimum absolute atomic E-state index is 0.0248. The average Bonchev–Trinajstić information content (AvgIpc) is 2.63. The molecule has 0 aliphatic rings. The van der Waals surface area contributed by atoms with Gasteiger partial charge in [0.1, 0.15) is 0 Å². The highest BCUT2D eigenvalue weighted by atomic mass is 16.4. The average molecular weight is 449 g/mol. The van der Waals surface area contributed by atoms with Crippen LogP contribution in [0, 0.1) is 0 Å². The third-order valence-electron chi connectivity index (χ3n) is 4.80. The zero-order chi connectivity index (χ0) is 23.7. The zero-order valence-electron chi connectivity index (χ0n) is 17.9. The highest BCUT2D eigenvalue weighted by Crippen LogP contribution is 2.10. The second-order valence-electron chi connectivity index (χ2n) is 7.62. The van der Waals surface area contributed by atoms with Crippen LogP contribution in [0.1, 0.15) is 32.1 Å². The van der Waals surface area contributed by atoms with E-state index in [1.54, 1.807) is 0 Å². The topological polar surface area (TPSA) is 193 Å². The van der Waals surface area contributed by atoms with Gasteiger partial charge < -0.3 is 26.2 Å². The summed E-state index contributed by atoms with van der Waals surface area (Å²) in [7, 11) is 0. The Balaban J connectivity index is 5.05. The maximum atomic E-state index is 11.3. The summed E-state index contributed by atoms with van der Waals surface area (Å²) >= 11 is 0. The van der Waals surface area contributed by atoms with Gasteiger partial charge in [-0.3, -0.25) is 9.38 Å². The number of carboxylic acids is 4. The Kier molecular flexibility index (Phi) is 15.2. The maximum absolute atomic E-state index is 11.3. The molecule has 0 saturated heterocycles. The maximum Gasteiger partial charge on any atom is 0.370 e. The summed E-state index contributed by atoms with van der Waals surface area (Å²) < 4.78 is -0.612. The lowest BCUT2D eigenvalue weighted by Crippen LogP contribution is -2.59. The lowest BCUT2D eigenvalue weighted by atomic mass is 10.1. The Morgan fingerprint density at radius 2 is 1.23 bits per heavy atom. The third-order valence-corrected chi connectivity index (χ3v) is 4.80. The molecule has 0 aromatic heterocycles. The second-order valence-corrected chi connectivity index (χ2v) is 7.62. The predicted octanol–water partition coefficient (Wildman–Crippen LogP) is -1.04. The lowest BCUT2D eigenvalue weighted by molar-refractivity contribution is -0.907. The van der Waals surface area contributed by atoms with Gasteiger partial charge in [0.2, 0.25) is 0 Å². The van der Waals surface area contributed by atoms with E-state index in [-0.39, 0.29) is 26.2 Å². The number of aliphatic carboxylic acids is 4. The van der Waals surface area contributed by atoms with Gasteiger partial charge in [-0.25, -0.2) is 19.2 Å². The van der Waals surface area contributed by atoms with E-state index in [9.17, 15) is 34.5 Å². The quantitative estimate of drug-likeness (QED) is 0.107. The molecule has 0 rings (SSSR count). The summed E-state index contributed by atoms with van der Waals surface area (Å²) in [5.74, 6) is -4.85. The molecule has 0 saturated carbocycles. The number of quaternary nitrogens is 1. The molecular formula is C19H36N4O8+2. The highest BCUT2D eigenvalue weighted by molar-refractivity contribution is 5.73. The van der Waals surface area contributed by atoms with Gasteiger partial charge in [-0.05, 0) is 25.9 Å². The van der Waals surface area contributed by atoms with Crippen molar-refractivity contribution in [2.45, 2.75) is 32.1 Å². The van der Waals surface area contributed by atoms with Gasteiger partial charge in [-0.1, -0.05) is 19.3 Å². The van der Waals surface area contributed by atoms with Gasteiger partial charge in [0.15, 0.2) is 26.2 Å². The number of rotatable bonds is 21. The second kappa shape index (κ2) is 16.4. The molecule has 31 heavy (non-hydrogen) atoms. The van der Waals surface area contributed by atoms with Crippen LogP contribution in [0.5, 0.6) is 0 Å². The van der Waals surface area contributed by atoms with Crippen molar-refractivity contribution in [2.24, 2.45) is 5.73 Å². The molecule has 0 heterocycles. The number of nitrogens with two attached hydrogens (primary N) is 1. The minimum Gasteiger partial charge on any atom is -0.477 e. The van der Waals surface area contributed by atoms with E-state index in [1.807, 2.05) is 4.90 Å². The SMILES string of the molecule is NCCCCCCCN(CC[N+]CC(=O)O)CC[N+](CC(=O)O)(CC(=O)O)CC(=O)O. The largest absolute Gasteiger partial charge is 0.477 e. The van der Waals surface area contributed by atoms with Crippen LogP contribution in [0.2, 0.25) is 0 Å². The molecule has 12 heteroatoms. The van der Waals surface area contributed by atoms with E-state index in [1.165, 1.54) is 0 Å². The monoisotopic (exact) mass is 448 g/mol. The van der Waals surface area contributed by atoms with Crippen LogP contribution in [-0.4, -0.2) is 119 Å². The molecule has 0 aliphatic carbocycles. The molecule has 0 atom stereocenters. The lowest BCUT2D eigenvalue weighted by Gasteiger charge is -2.36. The summed E-state index contributed by atoms with van der Waals surface area (Å²) in [4.78, 5) is 46.5. The summed E-state index contributed by atoms with van der Waals surface area (Å²) in [6.45, 7) is 0.102. The Morgan fingerprint density at radius 3 is 1.71 bits per heavy atom. The molecule has 0 unspecified atom stereocenters. The predicted molar refractivity (Wildman–Crippen MR) is 111 cm³/mol. The van der Waals surface area contributed by atoms with E-state index in [2.05, 4.69) is 5.32 Å². The normalized spacial score (nSPS) is 11.5. The molecule has 0 fully saturated rings. The number of hydrogen-bond donors (Lipinski definition) is 5. The van der Waals surface area contributed by atoms with E-state index >= 15 is 0 Å². The number of carboxylic acid groups (broad SMARTS) is 4. The highest BCUT2D eigenvalue weighted by Gasteiger charge is 2.36. The van der Waals surface area contributed by atoms with Crippen LogP contribution in [0.3, 0.4) is 0 Å². The zero-order valence-corrected chi connectivity index (χ0v) is 17.9. The molecular weight excluding hydrogens is 412 g/mol. The van der Waals surface area contributed by atoms with E-state index < -0.39 is 48.0 Å². The van der Waals surface area contributed by atoms with Crippen molar-refractivity contribution in [1.82, 2.24) is 10.2 Å². The fourth-order valence-electron chi connectivity index (χ4n) is 3.35. The van der Waals surface area contributed by atoms with Gasteiger partial charge in [-0.2, -0.15) is 0 Å². The Hall–Kier alpha value is -2.28. The summed E-state index contributed by atoms with van der Waals surface area (Å²) in [5.41, 5.74) is 5.48. The molecule has 0 bridgehead atoms. The van der Waals surface area contributed by atoms with Crippen molar-refractivity contribution in [1.29, 1.82) is 0 Å². The molecule has 0 aliphatic heterocycles. The molecule has 6 N–H and O–H groups in total. The number of nitrogens with zero attached hydrogens (tertiary/aromatic N) is 3. The number of hydrogen-bond acceptors (Lipinski definition) is 6. The summed E-state index contributed by atoms with van der Waals surface area (Å²) in [5, 5.41) is 40.3. The van der Waals surface area contributed by atoms with E-state index in [0.29, 0.717) is 19.6 Å². The van der Waals surface area contributed by atoms with Gasteiger partial charge in [-0.15, -0.1) is 0 Å². The molecule has 12 nitrogen and oxygen atoms in total. The molecule has 0 amide bonds. The Labute approximate surface area is 182 Å². The van der Waals surface area contributed by atoms with Crippen LogP contribution < -0.4 is 11.1 Å². The van der Waals surface area contributed by atoms with Gasteiger partial charge in [0, 0.05) is 6.54 Å². The number of unbranched alkanes of at least 4 members (excludes halogenated alkanes) is 4. The van der Waals surface area contributed by atoms with Gasteiger partial charge >= 0.3 is 23.9 Å². The fraction of sp³-hybridized carbons (Fsp3) is 0.789. The first kappa shape index (κ1) is 28.7. The van der Waals surface area contributed by atoms with Crippen LogP contribution in [0.25, 0.3) is 0 Å². The van der Waals surface area contributed by atoms with Crippen molar-refractivity contribution < 1.29 is 44.1 Å². The van der Waals surface area contributed by atoms with Crippen molar-refractivity contribution in [3.63, 3.8) is 0 Å². The molecule has 2 radical (unpaired) electrons. The van der Waals surface area contributed by atoms with Crippen LogP contribution in [-0.2, 0) is 19.2 Å². The van der Waals surface area contributed by atoms with E-state index in [0.717, 1.165) is 32.1 Å². The first-order chi connectivity index (χ1) is 14.6. The first-order valence-corrected chi connectivity index (χ1v) is 10.4. The molecule has 178 valence electrons. The third kappa shape index (κ3) is 16.1. The summed E-state index contributed by atoms with van der Waals surface area (Å²) in [6, 6.07) is 0. The van der Waals surface area contributed by atoms with Crippen LogP contribution in [0.4, 0.5) is 0 Å². The van der Waals surface area contributed by atoms with Crippen LogP contribution >= 0.6 is 0 Å². The van der Waals surface area contributed by atoms with Gasteiger partial charge in [0.05, 0.1) is 18.4 Å². The molecule has 0 spiro atoms. The van der Waals surface area contributed by atoms with Crippen molar-refractivity contribution >= 4 is 23.9 Å². The first-order valence-electron chi connectivity index (χ1n) is 10.4. The van der Waals surface area contributed by atoms with Gasteiger partial charge in [0.25, 0.3) is 6.54 Å². The summed E-state index contributed by atoms with van der Waals surface area (Å²) in [6.07, 6.45) is 4.81. The molecule has 0 aromatic rings.